The molecule has 0 amide bonds. The first-order chi connectivity index (χ1) is 9.10. The van der Waals surface area contributed by atoms with E-state index in [1.165, 1.54) is 25.6 Å². The SMILES string of the molecule is COc1cc(CC(Br)c2cc(Cl)ccc2F)ncn1. The summed E-state index contributed by atoms with van der Waals surface area (Å²) in [6, 6.07) is 6.20. The first kappa shape index (κ1) is 14.2. The van der Waals surface area contributed by atoms with E-state index >= 15 is 0 Å². The second-order valence-electron chi connectivity index (χ2n) is 3.89. The zero-order valence-electron chi connectivity index (χ0n) is 10.1. The van der Waals surface area contributed by atoms with Crippen molar-refractivity contribution in [1.82, 2.24) is 9.97 Å². The van der Waals surface area contributed by atoms with Crippen molar-refractivity contribution >= 4 is 27.5 Å². The Morgan fingerprint density at radius 3 is 2.89 bits per heavy atom. The molecule has 0 aliphatic carbocycles. The molecule has 0 fully saturated rings. The van der Waals surface area contributed by atoms with Crippen LogP contribution in [0, 0.1) is 5.82 Å². The first-order valence-corrected chi connectivity index (χ1v) is 6.83. The molecular weight excluding hydrogens is 335 g/mol. The quantitative estimate of drug-likeness (QED) is 0.787. The van der Waals surface area contributed by atoms with Gasteiger partial charge in [0.05, 0.1) is 7.11 Å². The minimum atomic E-state index is -0.299. The fourth-order valence-electron chi connectivity index (χ4n) is 1.65. The lowest BCUT2D eigenvalue weighted by atomic mass is 10.1. The number of hydrogen-bond acceptors (Lipinski definition) is 3. The third kappa shape index (κ3) is 3.64. The van der Waals surface area contributed by atoms with Crippen LogP contribution in [-0.4, -0.2) is 17.1 Å². The highest BCUT2D eigenvalue weighted by Gasteiger charge is 2.15. The smallest absolute Gasteiger partial charge is 0.216 e. The van der Waals surface area contributed by atoms with E-state index in [-0.39, 0.29) is 10.6 Å². The lowest BCUT2D eigenvalue weighted by Crippen LogP contribution is -2.01. The van der Waals surface area contributed by atoms with Gasteiger partial charge in [0.1, 0.15) is 12.1 Å². The van der Waals surface area contributed by atoms with Crippen LogP contribution in [-0.2, 0) is 6.42 Å². The van der Waals surface area contributed by atoms with E-state index in [0.29, 0.717) is 22.9 Å². The number of rotatable bonds is 4. The summed E-state index contributed by atoms with van der Waals surface area (Å²) in [5.74, 6) is 0.184. The molecule has 0 bridgehead atoms. The Bertz CT molecular complexity index is 582. The van der Waals surface area contributed by atoms with Crippen molar-refractivity contribution < 1.29 is 9.13 Å². The van der Waals surface area contributed by atoms with E-state index in [1.807, 2.05) is 0 Å². The highest BCUT2D eigenvalue weighted by Crippen LogP contribution is 2.30. The number of ether oxygens (including phenoxy) is 1. The molecule has 2 aromatic rings. The molecule has 6 heteroatoms. The lowest BCUT2D eigenvalue weighted by Gasteiger charge is -2.11. The summed E-state index contributed by atoms with van der Waals surface area (Å²) >= 11 is 9.33. The standard InChI is InChI=1S/C13H11BrClFN2O/c1-19-13-6-9(17-7-18-13)5-11(14)10-4-8(15)2-3-12(10)16/h2-4,6-7,11H,5H2,1H3. The van der Waals surface area contributed by atoms with Crippen LogP contribution in [0.15, 0.2) is 30.6 Å². The number of methoxy groups -OCH3 is 1. The molecule has 0 N–H and O–H groups in total. The second-order valence-corrected chi connectivity index (χ2v) is 5.43. The number of halogens is 3. The molecule has 0 aliphatic heterocycles. The van der Waals surface area contributed by atoms with Crippen molar-refractivity contribution in [3.63, 3.8) is 0 Å². The fourth-order valence-corrected chi connectivity index (χ4v) is 2.51. The molecule has 0 saturated heterocycles. The first-order valence-electron chi connectivity index (χ1n) is 5.54. The van der Waals surface area contributed by atoms with Gasteiger partial charge in [0.2, 0.25) is 5.88 Å². The topological polar surface area (TPSA) is 35.0 Å². The summed E-state index contributed by atoms with van der Waals surface area (Å²) in [7, 11) is 1.54. The highest BCUT2D eigenvalue weighted by atomic mass is 79.9. The summed E-state index contributed by atoms with van der Waals surface area (Å²) < 4.78 is 18.7. The number of benzene rings is 1. The van der Waals surface area contributed by atoms with Crippen LogP contribution in [0.1, 0.15) is 16.1 Å². The van der Waals surface area contributed by atoms with Gasteiger partial charge in [0.25, 0.3) is 0 Å². The molecule has 19 heavy (non-hydrogen) atoms. The predicted molar refractivity (Wildman–Crippen MR) is 75.4 cm³/mol. The monoisotopic (exact) mass is 344 g/mol. The largest absolute Gasteiger partial charge is 0.481 e. The molecule has 1 heterocycles. The van der Waals surface area contributed by atoms with E-state index in [1.54, 1.807) is 12.1 Å². The minimum Gasteiger partial charge on any atom is -0.481 e. The molecule has 1 unspecified atom stereocenters. The fraction of sp³-hybridized carbons (Fsp3) is 0.231. The van der Waals surface area contributed by atoms with E-state index in [2.05, 4.69) is 25.9 Å². The average molecular weight is 346 g/mol. The van der Waals surface area contributed by atoms with Crippen LogP contribution in [0.4, 0.5) is 4.39 Å². The minimum absolute atomic E-state index is 0.217. The number of nitrogens with zero attached hydrogens (tertiary/aromatic N) is 2. The number of alkyl halides is 1. The Morgan fingerprint density at radius 1 is 1.37 bits per heavy atom. The van der Waals surface area contributed by atoms with Gasteiger partial charge in [-0.15, -0.1) is 0 Å². The van der Waals surface area contributed by atoms with Gasteiger partial charge < -0.3 is 4.74 Å². The van der Waals surface area contributed by atoms with Gasteiger partial charge in [-0.05, 0) is 18.2 Å². The normalized spacial score (nSPS) is 12.2. The molecule has 0 radical (unpaired) electrons. The van der Waals surface area contributed by atoms with Gasteiger partial charge in [-0.3, -0.25) is 0 Å². The van der Waals surface area contributed by atoms with Crippen molar-refractivity contribution in [1.29, 1.82) is 0 Å². The molecule has 3 nitrogen and oxygen atoms in total. The summed E-state index contributed by atoms with van der Waals surface area (Å²) in [6.45, 7) is 0. The summed E-state index contributed by atoms with van der Waals surface area (Å²) in [5, 5.41) is 0.501. The van der Waals surface area contributed by atoms with E-state index in [9.17, 15) is 4.39 Å². The maximum Gasteiger partial charge on any atom is 0.216 e. The second kappa shape index (κ2) is 6.30. The molecule has 1 aromatic carbocycles. The van der Waals surface area contributed by atoms with Crippen molar-refractivity contribution in [2.45, 2.75) is 11.2 Å². The average Bonchev–Trinajstić information content (AvgIpc) is 2.41. The zero-order valence-corrected chi connectivity index (χ0v) is 12.4. The van der Waals surface area contributed by atoms with Crippen LogP contribution < -0.4 is 4.74 Å². The Labute approximate surface area is 123 Å². The number of hydrogen-bond donors (Lipinski definition) is 0. The van der Waals surface area contributed by atoms with Crippen LogP contribution in [0.5, 0.6) is 5.88 Å². The van der Waals surface area contributed by atoms with Crippen LogP contribution in [0.25, 0.3) is 0 Å². The predicted octanol–water partition coefficient (Wildman–Crippen LogP) is 3.96. The highest BCUT2D eigenvalue weighted by molar-refractivity contribution is 9.09. The van der Waals surface area contributed by atoms with Crippen LogP contribution >= 0.6 is 27.5 Å². The van der Waals surface area contributed by atoms with Crippen LogP contribution in [0.2, 0.25) is 5.02 Å². The van der Waals surface area contributed by atoms with Crippen molar-refractivity contribution in [3.05, 3.63) is 52.7 Å². The molecule has 2 rings (SSSR count). The molecule has 0 aliphatic rings. The Morgan fingerprint density at radius 2 is 2.16 bits per heavy atom. The molecule has 0 spiro atoms. The Balaban J connectivity index is 2.20. The molecule has 100 valence electrons. The molecular formula is C13H11BrClFN2O. The molecule has 1 atom stereocenters. The maximum atomic E-state index is 13.7. The van der Waals surface area contributed by atoms with Gasteiger partial charge in [0.15, 0.2) is 0 Å². The summed E-state index contributed by atoms with van der Waals surface area (Å²) in [4.78, 5) is 7.84. The molecule has 0 saturated carbocycles. The van der Waals surface area contributed by atoms with Gasteiger partial charge >= 0.3 is 0 Å². The van der Waals surface area contributed by atoms with Crippen molar-refractivity contribution in [2.24, 2.45) is 0 Å². The molecule has 1 aromatic heterocycles. The van der Waals surface area contributed by atoms with E-state index in [0.717, 1.165) is 5.69 Å². The van der Waals surface area contributed by atoms with Crippen molar-refractivity contribution in [3.8, 4) is 5.88 Å². The summed E-state index contributed by atoms with van der Waals surface area (Å²) in [5.41, 5.74) is 1.26. The number of aromatic nitrogens is 2. The van der Waals surface area contributed by atoms with E-state index < -0.39 is 0 Å². The Hall–Kier alpha value is -1.20. The van der Waals surface area contributed by atoms with Gasteiger partial charge in [0, 0.05) is 33.6 Å². The van der Waals surface area contributed by atoms with E-state index in [4.69, 9.17) is 16.3 Å². The third-order valence-electron chi connectivity index (χ3n) is 2.59. The third-order valence-corrected chi connectivity index (χ3v) is 3.64. The summed E-state index contributed by atoms with van der Waals surface area (Å²) in [6.07, 6.45) is 1.93. The maximum absolute atomic E-state index is 13.7. The van der Waals surface area contributed by atoms with Gasteiger partial charge in [-0.2, -0.15) is 0 Å². The van der Waals surface area contributed by atoms with Gasteiger partial charge in [-0.25, -0.2) is 14.4 Å². The van der Waals surface area contributed by atoms with Gasteiger partial charge in [-0.1, -0.05) is 27.5 Å². The Kier molecular flexibility index (Phi) is 4.71. The zero-order chi connectivity index (χ0) is 13.8. The van der Waals surface area contributed by atoms with Crippen molar-refractivity contribution in [2.75, 3.05) is 7.11 Å². The van der Waals surface area contributed by atoms with Crippen LogP contribution in [0.3, 0.4) is 0 Å². The lowest BCUT2D eigenvalue weighted by molar-refractivity contribution is 0.396.